The van der Waals surface area contributed by atoms with Gasteiger partial charge in [-0.1, -0.05) is 6.42 Å². The molecular weight excluding hydrogens is 148 g/mol. The molecule has 0 aromatic rings. The Morgan fingerprint density at radius 2 is 2.08 bits per heavy atom. The highest BCUT2D eigenvalue weighted by Gasteiger charge is 2.39. The maximum atomic E-state index is 5.68. The lowest BCUT2D eigenvalue weighted by atomic mass is 9.89. The van der Waals surface area contributed by atoms with Gasteiger partial charge in [0.25, 0.3) is 0 Å². The third-order valence-electron chi connectivity index (χ3n) is 3.53. The summed E-state index contributed by atoms with van der Waals surface area (Å²) >= 11 is 0. The molecule has 0 saturated heterocycles. The Morgan fingerprint density at radius 1 is 1.25 bits per heavy atom. The van der Waals surface area contributed by atoms with E-state index in [1.807, 2.05) is 0 Å². The van der Waals surface area contributed by atoms with Crippen LogP contribution in [0.25, 0.3) is 0 Å². The minimum absolute atomic E-state index is 0.420. The minimum Gasteiger partial charge on any atom is -0.378 e. The van der Waals surface area contributed by atoms with Gasteiger partial charge in [0, 0.05) is 0 Å². The SMILES string of the molecule is CC(C)OCC1CC2CC[C@H]1C2. The van der Waals surface area contributed by atoms with Gasteiger partial charge in [0.05, 0.1) is 12.7 Å². The molecule has 2 rings (SSSR count). The zero-order valence-corrected chi connectivity index (χ0v) is 8.25. The van der Waals surface area contributed by atoms with Crippen molar-refractivity contribution >= 4 is 0 Å². The van der Waals surface area contributed by atoms with E-state index in [-0.39, 0.29) is 0 Å². The van der Waals surface area contributed by atoms with Crippen molar-refractivity contribution < 1.29 is 4.74 Å². The molecule has 2 aliphatic rings. The van der Waals surface area contributed by atoms with Gasteiger partial charge in [0.15, 0.2) is 0 Å². The van der Waals surface area contributed by atoms with E-state index in [1.165, 1.54) is 25.7 Å². The fourth-order valence-electron chi connectivity index (χ4n) is 2.90. The van der Waals surface area contributed by atoms with Gasteiger partial charge in [-0.3, -0.25) is 0 Å². The van der Waals surface area contributed by atoms with Crippen molar-refractivity contribution in [2.24, 2.45) is 17.8 Å². The second kappa shape index (κ2) is 3.37. The average molecular weight is 168 g/mol. The molecule has 2 unspecified atom stereocenters. The quantitative estimate of drug-likeness (QED) is 0.629. The van der Waals surface area contributed by atoms with Gasteiger partial charge in [-0.15, -0.1) is 0 Å². The predicted octanol–water partition coefficient (Wildman–Crippen LogP) is 2.85. The summed E-state index contributed by atoms with van der Waals surface area (Å²) in [6, 6.07) is 0. The Bertz CT molecular complexity index is 153. The van der Waals surface area contributed by atoms with Crippen LogP contribution < -0.4 is 0 Å². The van der Waals surface area contributed by atoms with E-state index in [2.05, 4.69) is 13.8 Å². The fraction of sp³-hybridized carbons (Fsp3) is 1.00. The minimum atomic E-state index is 0.420. The van der Waals surface area contributed by atoms with Crippen LogP contribution in [-0.2, 0) is 4.74 Å². The first-order chi connectivity index (χ1) is 5.75. The molecule has 12 heavy (non-hydrogen) atoms. The van der Waals surface area contributed by atoms with Crippen molar-refractivity contribution in [2.45, 2.75) is 45.6 Å². The molecule has 1 nitrogen and oxygen atoms in total. The normalized spacial score (nSPS) is 39.8. The van der Waals surface area contributed by atoms with Crippen molar-refractivity contribution in [1.29, 1.82) is 0 Å². The summed E-state index contributed by atoms with van der Waals surface area (Å²) < 4.78 is 5.68. The smallest absolute Gasteiger partial charge is 0.0519 e. The van der Waals surface area contributed by atoms with Crippen LogP contribution in [0.4, 0.5) is 0 Å². The average Bonchev–Trinajstić information content (AvgIpc) is 2.60. The number of hydrogen-bond donors (Lipinski definition) is 0. The molecule has 2 fully saturated rings. The van der Waals surface area contributed by atoms with E-state index in [0.717, 1.165) is 24.4 Å². The molecule has 0 aromatic carbocycles. The van der Waals surface area contributed by atoms with Gasteiger partial charge in [0.1, 0.15) is 0 Å². The van der Waals surface area contributed by atoms with Crippen LogP contribution in [0.2, 0.25) is 0 Å². The number of fused-ring (bicyclic) bond motifs is 2. The molecule has 2 bridgehead atoms. The zero-order valence-electron chi connectivity index (χ0n) is 8.25. The standard InChI is InChI=1S/C11H20O/c1-8(2)12-7-11-6-9-3-4-10(11)5-9/h8-11H,3-7H2,1-2H3/t9?,10-,11?/m0/s1. The van der Waals surface area contributed by atoms with E-state index >= 15 is 0 Å². The van der Waals surface area contributed by atoms with Crippen molar-refractivity contribution in [3.8, 4) is 0 Å². The molecular formula is C11H20O. The van der Waals surface area contributed by atoms with Crippen LogP contribution >= 0.6 is 0 Å². The van der Waals surface area contributed by atoms with Gasteiger partial charge in [-0.2, -0.15) is 0 Å². The van der Waals surface area contributed by atoms with Crippen molar-refractivity contribution in [2.75, 3.05) is 6.61 Å². The Balaban J connectivity index is 1.76. The van der Waals surface area contributed by atoms with Gasteiger partial charge < -0.3 is 4.74 Å². The summed E-state index contributed by atoms with van der Waals surface area (Å²) in [6.07, 6.45) is 6.37. The molecule has 70 valence electrons. The second-order valence-electron chi connectivity index (χ2n) is 4.82. The van der Waals surface area contributed by atoms with Crippen LogP contribution in [0.5, 0.6) is 0 Å². The topological polar surface area (TPSA) is 9.23 Å². The summed E-state index contributed by atoms with van der Waals surface area (Å²) in [5, 5.41) is 0. The van der Waals surface area contributed by atoms with Crippen LogP contribution in [0.15, 0.2) is 0 Å². The molecule has 2 saturated carbocycles. The largest absolute Gasteiger partial charge is 0.378 e. The molecule has 0 aromatic heterocycles. The third-order valence-corrected chi connectivity index (χ3v) is 3.53. The summed E-state index contributed by atoms with van der Waals surface area (Å²) in [6.45, 7) is 5.29. The predicted molar refractivity (Wildman–Crippen MR) is 50.0 cm³/mol. The van der Waals surface area contributed by atoms with Gasteiger partial charge in [-0.25, -0.2) is 0 Å². The van der Waals surface area contributed by atoms with Gasteiger partial charge in [0.2, 0.25) is 0 Å². The monoisotopic (exact) mass is 168 g/mol. The third kappa shape index (κ3) is 1.66. The van der Waals surface area contributed by atoms with E-state index in [0.29, 0.717) is 6.10 Å². The fourth-order valence-corrected chi connectivity index (χ4v) is 2.90. The highest BCUT2D eigenvalue weighted by Crippen LogP contribution is 2.48. The maximum absolute atomic E-state index is 5.68. The molecule has 0 amide bonds. The Hall–Kier alpha value is -0.0400. The molecule has 0 radical (unpaired) electrons. The molecule has 3 atom stereocenters. The van der Waals surface area contributed by atoms with E-state index in [4.69, 9.17) is 4.74 Å². The van der Waals surface area contributed by atoms with E-state index in [9.17, 15) is 0 Å². The molecule has 2 aliphatic carbocycles. The Kier molecular flexibility index (Phi) is 2.40. The van der Waals surface area contributed by atoms with Crippen LogP contribution in [0.1, 0.15) is 39.5 Å². The number of rotatable bonds is 3. The van der Waals surface area contributed by atoms with Crippen molar-refractivity contribution in [3.63, 3.8) is 0 Å². The first-order valence-corrected chi connectivity index (χ1v) is 5.37. The molecule has 1 heteroatoms. The Morgan fingerprint density at radius 3 is 2.58 bits per heavy atom. The van der Waals surface area contributed by atoms with E-state index < -0.39 is 0 Å². The van der Waals surface area contributed by atoms with Crippen molar-refractivity contribution in [1.82, 2.24) is 0 Å². The van der Waals surface area contributed by atoms with Gasteiger partial charge >= 0.3 is 0 Å². The number of hydrogen-bond acceptors (Lipinski definition) is 1. The summed E-state index contributed by atoms with van der Waals surface area (Å²) in [5.41, 5.74) is 0. The van der Waals surface area contributed by atoms with Crippen LogP contribution in [-0.4, -0.2) is 12.7 Å². The van der Waals surface area contributed by atoms with Crippen LogP contribution in [0.3, 0.4) is 0 Å². The number of ether oxygens (including phenoxy) is 1. The van der Waals surface area contributed by atoms with Crippen molar-refractivity contribution in [3.05, 3.63) is 0 Å². The lowest BCUT2D eigenvalue weighted by Crippen LogP contribution is -2.19. The first-order valence-electron chi connectivity index (χ1n) is 5.37. The molecule has 0 spiro atoms. The van der Waals surface area contributed by atoms with Gasteiger partial charge in [-0.05, 0) is 50.9 Å². The van der Waals surface area contributed by atoms with E-state index in [1.54, 1.807) is 0 Å². The van der Waals surface area contributed by atoms with Crippen LogP contribution in [0, 0.1) is 17.8 Å². The lowest BCUT2D eigenvalue weighted by molar-refractivity contribution is 0.0363. The maximum Gasteiger partial charge on any atom is 0.0519 e. The zero-order chi connectivity index (χ0) is 8.55. The summed E-state index contributed by atoms with van der Waals surface area (Å²) in [4.78, 5) is 0. The lowest BCUT2D eigenvalue weighted by Gasteiger charge is -2.22. The second-order valence-corrected chi connectivity index (χ2v) is 4.82. The Labute approximate surface area is 75.5 Å². The highest BCUT2D eigenvalue weighted by molar-refractivity contribution is 4.89. The summed E-state index contributed by atoms with van der Waals surface area (Å²) in [5.74, 6) is 3.00. The summed E-state index contributed by atoms with van der Waals surface area (Å²) in [7, 11) is 0. The molecule has 0 N–H and O–H groups in total. The molecule has 0 aliphatic heterocycles. The highest BCUT2D eigenvalue weighted by atomic mass is 16.5. The molecule has 0 heterocycles. The first kappa shape index (κ1) is 8.55.